The van der Waals surface area contributed by atoms with Crippen LogP contribution in [0.25, 0.3) is 0 Å². The zero-order chi connectivity index (χ0) is 19.8. The first-order valence-corrected chi connectivity index (χ1v) is 10.0. The van der Waals surface area contributed by atoms with Crippen molar-refractivity contribution in [3.63, 3.8) is 0 Å². The molecule has 1 N–H and O–H groups in total. The topological polar surface area (TPSA) is 52.7 Å². The van der Waals surface area contributed by atoms with Gasteiger partial charge in [-0.25, -0.2) is 0 Å². The Morgan fingerprint density at radius 1 is 0.929 bits per heavy atom. The summed E-state index contributed by atoms with van der Waals surface area (Å²) in [6.45, 7) is 6.10. The second kappa shape index (κ2) is 10.0. The third kappa shape index (κ3) is 5.42. The van der Waals surface area contributed by atoms with Crippen LogP contribution < -0.4 is 5.32 Å². The first-order chi connectivity index (χ1) is 13.7. The van der Waals surface area contributed by atoms with Gasteiger partial charge >= 0.3 is 0 Å². The molecule has 2 aromatic rings. The molecule has 2 amide bonds. The van der Waals surface area contributed by atoms with Gasteiger partial charge in [0.25, 0.3) is 0 Å². The molecule has 1 heterocycles. The van der Waals surface area contributed by atoms with Gasteiger partial charge < -0.3 is 10.2 Å². The van der Waals surface area contributed by atoms with Gasteiger partial charge in [0, 0.05) is 32.7 Å². The van der Waals surface area contributed by atoms with Gasteiger partial charge in [0.1, 0.15) is 0 Å². The van der Waals surface area contributed by atoms with Crippen molar-refractivity contribution in [2.75, 3.05) is 32.7 Å². The van der Waals surface area contributed by atoms with E-state index in [-0.39, 0.29) is 24.3 Å². The van der Waals surface area contributed by atoms with E-state index in [1.54, 1.807) is 0 Å². The van der Waals surface area contributed by atoms with Crippen molar-refractivity contribution in [3.8, 4) is 0 Å². The minimum Gasteiger partial charge on any atom is -0.347 e. The summed E-state index contributed by atoms with van der Waals surface area (Å²) in [5, 5.41) is 2.84. The second-order valence-corrected chi connectivity index (χ2v) is 7.23. The first kappa shape index (κ1) is 20.1. The first-order valence-electron chi connectivity index (χ1n) is 10.0. The predicted molar refractivity (Wildman–Crippen MR) is 111 cm³/mol. The normalized spacial score (nSPS) is 15.8. The highest BCUT2D eigenvalue weighted by Crippen LogP contribution is 2.19. The van der Waals surface area contributed by atoms with E-state index >= 15 is 0 Å². The van der Waals surface area contributed by atoms with Gasteiger partial charge in [0.2, 0.25) is 11.8 Å². The Bertz CT molecular complexity index is 756. The number of nitrogens with zero attached hydrogens (tertiary/aromatic N) is 2. The van der Waals surface area contributed by atoms with Crippen molar-refractivity contribution in [2.24, 2.45) is 0 Å². The summed E-state index contributed by atoms with van der Waals surface area (Å²) in [6.07, 6.45) is 0.711. The summed E-state index contributed by atoms with van der Waals surface area (Å²) in [6, 6.07) is 20.1. The molecule has 1 aliphatic heterocycles. The van der Waals surface area contributed by atoms with Gasteiger partial charge in [-0.3, -0.25) is 14.5 Å². The fraction of sp³-hybridized carbons (Fsp3) is 0.391. The Labute approximate surface area is 167 Å². The summed E-state index contributed by atoms with van der Waals surface area (Å²) in [4.78, 5) is 29.2. The van der Waals surface area contributed by atoms with E-state index in [4.69, 9.17) is 0 Å². The number of rotatable bonds is 7. The molecule has 1 unspecified atom stereocenters. The van der Waals surface area contributed by atoms with Gasteiger partial charge in [-0.2, -0.15) is 0 Å². The van der Waals surface area contributed by atoms with E-state index in [1.165, 1.54) is 5.56 Å². The van der Waals surface area contributed by atoms with Crippen molar-refractivity contribution in [3.05, 3.63) is 71.8 Å². The molecule has 1 atom stereocenters. The Kier molecular flexibility index (Phi) is 7.20. The molecule has 5 nitrogen and oxygen atoms in total. The van der Waals surface area contributed by atoms with Crippen molar-refractivity contribution in [1.29, 1.82) is 0 Å². The Hall–Kier alpha value is -2.66. The zero-order valence-corrected chi connectivity index (χ0v) is 16.5. The number of piperazine rings is 1. The molecule has 148 valence electrons. The van der Waals surface area contributed by atoms with E-state index in [0.29, 0.717) is 19.5 Å². The summed E-state index contributed by atoms with van der Waals surface area (Å²) in [7, 11) is 0. The number of amides is 2. The highest BCUT2D eigenvalue weighted by atomic mass is 16.2. The van der Waals surface area contributed by atoms with Gasteiger partial charge in [-0.15, -0.1) is 0 Å². The van der Waals surface area contributed by atoms with Crippen LogP contribution in [-0.4, -0.2) is 54.3 Å². The average molecular weight is 380 g/mol. The van der Waals surface area contributed by atoms with Gasteiger partial charge in [-0.1, -0.05) is 67.6 Å². The molecule has 1 fully saturated rings. The fourth-order valence-corrected chi connectivity index (χ4v) is 3.65. The van der Waals surface area contributed by atoms with E-state index < -0.39 is 0 Å². The molecule has 1 saturated heterocycles. The lowest BCUT2D eigenvalue weighted by atomic mass is 9.96. The molecule has 28 heavy (non-hydrogen) atoms. The van der Waals surface area contributed by atoms with Crippen LogP contribution >= 0.6 is 0 Å². The van der Waals surface area contributed by atoms with Crippen LogP contribution in [0.4, 0.5) is 0 Å². The molecule has 0 saturated carbocycles. The maximum atomic E-state index is 12.5. The van der Waals surface area contributed by atoms with Crippen LogP contribution in [-0.2, 0) is 16.1 Å². The Balaban J connectivity index is 1.43. The van der Waals surface area contributed by atoms with Crippen molar-refractivity contribution in [1.82, 2.24) is 15.1 Å². The monoisotopic (exact) mass is 379 g/mol. The number of hydrogen-bond acceptors (Lipinski definition) is 3. The lowest BCUT2D eigenvalue weighted by molar-refractivity contribution is -0.134. The molecular formula is C23H29N3O2. The molecular weight excluding hydrogens is 350 g/mol. The summed E-state index contributed by atoms with van der Waals surface area (Å²) >= 11 is 0. The molecule has 3 rings (SSSR count). The summed E-state index contributed by atoms with van der Waals surface area (Å²) in [5.74, 6) is -0.294. The maximum Gasteiger partial charge on any atom is 0.242 e. The van der Waals surface area contributed by atoms with E-state index in [9.17, 15) is 9.59 Å². The SMILES string of the molecule is CCC(C(=O)NCC(=O)N1CCN(Cc2ccccc2)CC1)c1ccccc1. The second-order valence-electron chi connectivity index (χ2n) is 7.23. The highest BCUT2D eigenvalue weighted by molar-refractivity contribution is 5.88. The highest BCUT2D eigenvalue weighted by Gasteiger charge is 2.23. The largest absolute Gasteiger partial charge is 0.347 e. The quantitative estimate of drug-likeness (QED) is 0.805. The molecule has 0 spiro atoms. The van der Waals surface area contributed by atoms with E-state index in [0.717, 1.165) is 25.2 Å². The number of carbonyl (C=O) groups excluding carboxylic acids is 2. The van der Waals surface area contributed by atoms with Gasteiger partial charge in [0.05, 0.1) is 12.5 Å². The maximum absolute atomic E-state index is 12.5. The molecule has 0 aliphatic carbocycles. The van der Waals surface area contributed by atoms with Crippen LogP contribution in [0, 0.1) is 0 Å². The van der Waals surface area contributed by atoms with Crippen LogP contribution in [0.1, 0.15) is 30.4 Å². The molecule has 0 aromatic heterocycles. The van der Waals surface area contributed by atoms with Crippen LogP contribution in [0.3, 0.4) is 0 Å². The smallest absolute Gasteiger partial charge is 0.242 e. The van der Waals surface area contributed by atoms with Crippen LogP contribution in [0.2, 0.25) is 0 Å². The minimum atomic E-state index is -0.211. The molecule has 5 heteroatoms. The fourth-order valence-electron chi connectivity index (χ4n) is 3.65. The number of benzene rings is 2. The Morgan fingerprint density at radius 3 is 2.14 bits per heavy atom. The average Bonchev–Trinajstić information content (AvgIpc) is 2.74. The summed E-state index contributed by atoms with van der Waals surface area (Å²) in [5.41, 5.74) is 2.28. The van der Waals surface area contributed by atoms with Crippen molar-refractivity contribution < 1.29 is 9.59 Å². The molecule has 0 radical (unpaired) electrons. The van der Waals surface area contributed by atoms with Crippen molar-refractivity contribution >= 4 is 11.8 Å². The van der Waals surface area contributed by atoms with E-state index in [1.807, 2.05) is 48.2 Å². The number of nitrogens with one attached hydrogen (secondary N) is 1. The Morgan fingerprint density at radius 2 is 1.54 bits per heavy atom. The molecule has 1 aliphatic rings. The van der Waals surface area contributed by atoms with Gasteiger partial charge in [-0.05, 0) is 17.5 Å². The molecule has 2 aromatic carbocycles. The zero-order valence-electron chi connectivity index (χ0n) is 16.5. The third-order valence-electron chi connectivity index (χ3n) is 5.31. The van der Waals surface area contributed by atoms with Crippen LogP contribution in [0.15, 0.2) is 60.7 Å². The lowest BCUT2D eigenvalue weighted by Gasteiger charge is -2.35. The predicted octanol–water partition coefficient (Wildman–Crippen LogP) is 2.64. The lowest BCUT2D eigenvalue weighted by Crippen LogP contribution is -2.51. The van der Waals surface area contributed by atoms with Crippen LogP contribution in [0.5, 0.6) is 0 Å². The minimum absolute atomic E-state index is 0.00405. The standard InChI is InChI=1S/C23H29N3O2/c1-2-21(20-11-7-4-8-12-20)23(28)24-17-22(27)26-15-13-25(14-16-26)18-19-9-5-3-6-10-19/h3-12,21H,2,13-18H2,1H3,(H,24,28). The van der Waals surface area contributed by atoms with E-state index in [2.05, 4.69) is 34.5 Å². The van der Waals surface area contributed by atoms with Gasteiger partial charge in [0.15, 0.2) is 0 Å². The number of carbonyl (C=O) groups is 2. The summed E-state index contributed by atoms with van der Waals surface area (Å²) < 4.78 is 0. The molecule has 0 bridgehead atoms. The number of hydrogen-bond donors (Lipinski definition) is 1. The third-order valence-corrected chi connectivity index (χ3v) is 5.31. The van der Waals surface area contributed by atoms with Crippen molar-refractivity contribution in [2.45, 2.75) is 25.8 Å².